The van der Waals surface area contributed by atoms with Crippen LogP contribution in [0, 0.1) is 0 Å². The first kappa shape index (κ1) is 19.0. The van der Waals surface area contributed by atoms with Gasteiger partial charge in [0.15, 0.2) is 0 Å². The number of fused-ring (bicyclic) bond motifs is 1. The Balaban J connectivity index is 1.78. The average molecular weight is 384 g/mol. The molecule has 1 atom stereocenters. The van der Waals surface area contributed by atoms with Crippen LogP contribution < -0.4 is 11.1 Å². The fourth-order valence-corrected chi connectivity index (χ4v) is 3.07. The molecule has 0 spiro atoms. The Morgan fingerprint density at radius 1 is 1.11 bits per heavy atom. The minimum absolute atomic E-state index is 0.302. The second kappa shape index (κ2) is 7.84. The molecule has 2 amide bonds. The fourth-order valence-electron chi connectivity index (χ4n) is 2.94. The predicted octanol–water partition coefficient (Wildman–Crippen LogP) is 3.77. The Morgan fingerprint density at radius 3 is 2.44 bits per heavy atom. The number of nitrogens with two attached hydrogens (primary N) is 1. The van der Waals surface area contributed by atoms with Gasteiger partial charge in [0.25, 0.3) is 5.91 Å². The van der Waals surface area contributed by atoms with Crippen molar-refractivity contribution in [2.45, 2.75) is 32.2 Å². The zero-order valence-electron chi connectivity index (χ0n) is 15.3. The number of hydrogen-bond donors (Lipinski definition) is 3. The van der Waals surface area contributed by atoms with Crippen molar-refractivity contribution in [2.75, 3.05) is 0 Å². The van der Waals surface area contributed by atoms with E-state index in [4.69, 9.17) is 17.3 Å². The van der Waals surface area contributed by atoms with Gasteiger partial charge in [0.05, 0.1) is 0 Å². The minimum atomic E-state index is -0.809. The number of carbonyl (C=O) groups is 2. The van der Waals surface area contributed by atoms with Crippen molar-refractivity contribution in [1.82, 2.24) is 10.3 Å². The number of rotatable bonds is 6. The molecule has 1 unspecified atom stereocenters. The lowest BCUT2D eigenvalue weighted by Crippen LogP contribution is -2.45. The lowest BCUT2D eigenvalue weighted by Gasteiger charge is -2.15. The van der Waals surface area contributed by atoms with Gasteiger partial charge in [-0.2, -0.15) is 0 Å². The quantitative estimate of drug-likeness (QED) is 0.605. The molecule has 3 aromatic rings. The van der Waals surface area contributed by atoms with E-state index in [9.17, 15) is 9.59 Å². The standard InChI is InChI=1S/C21H22ClN3O2/c1-12(2)14-5-6-15-11-19(24-17(15)10-14)21(27)25-18(20(23)26)9-13-3-7-16(22)8-4-13/h3-8,10-12,18,24H,9H2,1-2H3,(H2,23,26)(H,25,27). The van der Waals surface area contributed by atoms with E-state index >= 15 is 0 Å². The summed E-state index contributed by atoms with van der Waals surface area (Å²) in [6.07, 6.45) is 0.302. The largest absolute Gasteiger partial charge is 0.368 e. The number of aromatic nitrogens is 1. The van der Waals surface area contributed by atoms with Crippen LogP contribution in [-0.4, -0.2) is 22.8 Å². The minimum Gasteiger partial charge on any atom is -0.368 e. The van der Waals surface area contributed by atoms with E-state index in [1.165, 1.54) is 5.56 Å². The number of benzene rings is 2. The molecule has 6 heteroatoms. The van der Waals surface area contributed by atoms with E-state index in [1.807, 2.05) is 12.1 Å². The van der Waals surface area contributed by atoms with Crippen LogP contribution in [0.5, 0.6) is 0 Å². The third kappa shape index (κ3) is 4.49. The second-order valence-corrected chi connectivity index (χ2v) is 7.38. The maximum atomic E-state index is 12.6. The Morgan fingerprint density at radius 2 is 1.81 bits per heavy atom. The highest BCUT2D eigenvalue weighted by molar-refractivity contribution is 6.30. The van der Waals surface area contributed by atoms with Crippen LogP contribution in [-0.2, 0) is 11.2 Å². The van der Waals surface area contributed by atoms with E-state index in [0.29, 0.717) is 23.1 Å². The number of H-pyrrole nitrogens is 1. The molecular weight excluding hydrogens is 362 g/mol. The van der Waals surface area contributed by atoms with Gasteiger partial charge in [-0.05, 0) is 41.3 Å². The van der Waals surface area contributed by atoms with E-state index in [2.05, 4.69) is 30.2 Å². The van der Waals surface area contributed by atoms with Gasteiger partial charge in [-0.25, -0.2) is 0 Å². The van der Waals surface area contributed by atoms with Crippen molar-refractivity contribution in [3.63, 3.8) is 0 Å². The molecule has 0 bridgehead atoms. The van der Waals surface area contributed by atoms with Crippen LogP contribution in [0.1, 0.15) is 41.4 Å². The molecule has 0 aliphatic carbocycles. The van der Waals surface area contributed by atoms with Crippen molar-refractivity contribution >= 4 is 34.3 Å². The number of aromatic amines is 1. The Kier molecular flexibility index (Phi) is 5.51. The van der Waals surface area contributed by atoms with E-state index in [-0.39, 0.29) is 5.91 Å². The molecule has 3 rings (SSSR count). The smallest absolute Gasteiger partial charge is 0.268 e. The summed E-state index contributed by atoms with van der Waals surface area (Å²) in [4.78, 5) is 27.5. The molecule has 0 saturated carbocycles. The van der Waals surface area contributed by atoms with Gasteiger partial charge >= 0.3 is 0 Å². The summed E-state index contributed by atoms with van der Waals surface area (Å²) >= 11 is 5.88. The number of halogens is 1. The lowest BCUT2D eigenvalue weighted by molar-refractivity contribution is -0.119. The molecule has 5 nitrogen and oxygen atoms in total. The van der Waals surface area contributed by atoms with Crippen molar-refractivity contribution < 1.29 is 9.59 Å². The number of carbonyl (C=O) groups excluding carboxylic acids is 2. The van der Waals surface area contributed by atoms with E-state index in [0.717, 1.165) is 16.5 Å². The van der Waals surface area contributed by atoms with Gasteiger partial charge in [0.2, 0.25) is 5.91 Å². The summed E-state index contributed by atoms with van der Waals surface area (Å²) in [5.74, 6) is -0.555. The molecule has 1 heterocycles. The van der Waals surface area contributed by atoms with Gasteiger partial charge in [-0.1, -0.05) is 49.7 Å². The van der Waals surface area contributed by atoms with E-state index < -0.39 is 11.9 Å². The van der Waals surface area contributed by atoms with Gasteiger partial charge in [0, 0.05) is 22.3 Å². The van der Waals surface area contributed by atoms with Crippen LogP contribution in [0.3, 0.4) is 0 Å². The average Bonchev–Trinajstić information content (AvgIpc) is 3.06. The molecule has 0 aliphatic rings. The molecule has 0 radical (unpaired) electrons. The number of amides is 2. The van der Waals surface area contributed by atoms with Crippen molar-refractivity contribution in [3.05, 3.63) is 70.4 Å². The zero-order valence-corrected chi connectivity index (χ0v) is 16.0. The normalized spacial score (nSPS) is 12.3. The predicted molar refractivity (Wildman–Crippen MR) is 108 cm³/mol. The number of primary amides is 1. The second-order valence-electron chi connectivity index (χ2n) is 6.94. The highest BCUT2D eigenvalue weighted by Gasteiger charge is 2.20. The first-order valence-corrected chi connectivity index (χ1v) is 9.18. The van der Waals surface area contributed by atoms with Crippen LogP contribution in [0.25, 0.3) is 10.9 Å². The molecule has 0 fully saturated rings. The maximum Gasteiger partial charge on any atom is 0.268 e. The Hall–Kier alpha value is -2.79. The molecule has 1 aromatic heterocycles. The molecule has 0 saturated heterocycles. The highest BCUT2D eigenvalue weighted by Crippen LogP contribution is 2.22. The monoisotopic (exact) mass is 383 g/mol. The summed E-state index contributed by atoms with van der Waals surface area (Å²) in [6, 6.07) is 14.1. The molecule has 140 valence electrons. The topological polar surface area (TPSA) is 88.0 Å². The fraction of sp³-hybridized carbons (Fsp3) is 0.238. The van der Waals surface area contributed by atoms with Gasteiger partial charge in [-0.15, -0.1) is 0 Å². The molecular formula is C21H22ClN3O2. The number of hydrogen-bond acceptors (Lipinski definition) is 2. The zero-order chi connectivity index (χ0) is 19.6. The molecule has 4 N–H and O–H groups in total. The van der Waals surface area contributed by atoms with Crippen molar-refractivity contribution in [1.29, 1.82) is 0 Å². The first-order chi connectivity index (χ1) is 12.8. The van der Waals surface area contributed by atoms with Gasteiger partial charge in [-0.3, -0.25) is 9.59 Å². The summed E-state index contributed by atoms with van der Waals surface area (Å²) in [6.45, 7) is 4.23. The lowest BCUT2D eigenvalue weighted by atomic mass is 10.0. The van der Waals surface area contributed by atoms with Crippen molar-refractivity contribution in [2.24, 2.45) is 5.73 Å². The van der Waals surface area contributed by atoms with E-state index in [1.54, 1.807) is 30.3 Å². The SMILES string of the molecule is CC(C)c1ccc2cc(C(=O)NC(Cc3ccc(Cl)cc3)C(N)=O)[nH]c2c1. The van der Waals surface area contributed by atoms with Crippen LogP contribution in [0.15, 0.2) is 48.5 Å². The Labute approximate surface area is 162 Å². The molecule has 27 heavy (non-hydrogen) atoms. The van der Waals surface area contributed by atoms with Crippen LogP contribution in [0.4, 0.5) is 0 Å². The van der Waals surface area contributed by atoms with Gasteiger partial charge in [0.1, 0.15) is 11.7 Å². The summed E-state index contributed by atoms with van der Waals surface area (Å²) < 4.78 is 0. The van der Waals surface area contributed by atoms with Crippen LogP contribution in [0.2, 0.25) is 5.02 Å². The molecule has 0 aliphatic heterocycles. The number of nitrogens with one attached hydrogen (secondary N) is 2. The summed E-state index contributed by atoms with van der Waals surface area (Å²) in [5, 5.41) is 4.27. The first-order valence-electron chi connectivity index (χ1n) is 8.81. The summed E-state index contributed by atoms with van der Waals surface area (Å²) in [7, 11) is 0. The summed E-state index contributed by atoms with van der Waals surface area (Å²) in [5.41, 5.74) is 8.82. The van der Waals surface area contributed by atoms with Crippen LogP contribution >= 0.6 is 11.6 Å². The Bertz CT molecular complexity index is 977. The third-order valence-electron chi connectivity index (χ3n) is 4.56. The molecule has 2 aromatic carbocycles. The van der Waals surface area contributed by atoms with Gasteiger partial charge < -0.3 is 16.0 Å². The third-order valence-corrected chi connectivity index (χ3v) is 4.81. The highest BCUT2D eigenvalue weighted by atomic mass is 35.5. The van der Waals surface area contributed by atoms with Crippen molar-refractivity contribution in [3.8, 4) is 0 Å². The maximum absolute atomic E-state index is 12.6.